The summed E-state index contributed by atoms with van der Waals surface area (Å²) in [5, 5.41) is 11.3. The summed E-state index contributed by atoms with van der Waals surface area (Å²) in [6.45, 7) is 1.77. The van der Waals surface area contributed by atoms with Gasteiger partial charge in [-0.25, -0.2) is 0 Å². The van der Waals surface area contributed by atoms with Gasteiger partial charge in [-0.3, -0.25) is 4.79 Å². The maximum absolute atomic E-state index is 12.6. The number of nitrogens with one attached hydrogen (secondary N) is 1. The van der Waals surface area contributed by atoms with Gasteiger partial charge in [0.15, 0.2) is 11.6 Å². The number of nitrogens with zero attached hydrogens (tertiary/aromatic N) is 2. The minimum Gasteiger partial charge on any atom is -0.360 e. The number of hydrogen-bond donors (Lipinski definition) is 1. The molecule has 1 aromatic carbocycles. The van der Waals surface area contributed by atoms with Crippen LogP contribution in [0.15, 0.2) is 45.4 Å². The zero-order valence-electron chi connectivity index (χ0n) is 12.9. The summed E-state index contributed by atoms with van der Waals surface area (Å²) in [5.41, 5.74) is 0.841. The highest BCUT2D eigenvalue weighted by molar-refractivity contribution is 6.30. The average Bonchev–Trinajstić information content (AvgIpc) is 3.05. The second-order valence-corrected chi connectivity index (χ2v) is 6.38. The number of carbonyl (C=O) groups is 1. The summed E-state index contributed by atoms with van der Waals surface area (Å²) in [5.74, 6) is 1.51. The lowest BCUT2D eigenvalue weighted by atomic mass is 10.0. The van der Waals surface area contributed by atoms with Gasteiger partial charge in [-0.05, 0) is 44.0 Å². The molecule has 2 aromatic heterocycles. The van der Waals surface area contributed by atoms with Crippen molar-refractivity contribution in [2.45, 2.75) is 25.2 Å². The summed E-state index contributed by atoms with van der Waals surface area (Å²) in [7, 11) is 0. The van der Waals surface area contributed by atoms with Crippen molar-refractivity contribution in [3.05, 3.63) is 52.9 Å². The zero-order chi connectivity index (χ0) is 16.7. The van der Waals surface area contributed by atoms with E-state index in [1.54, 1.807) is 25.1 Å². The van der Waals surface area contributed by atoms with Crippen molar-refractivity contribution in [2.75, 3.05) is 5.32 Å². The van der Waals surface area contributed by atoms with Gasteiger partial charge in [0.25, 0.3) is 0 Å². The highest BCUT2D eigenvalue weighted by atomic mass is 35.5. The number of carbonyl (C=O) groups excluding carboxylic acids is 1. The van der Waals surface area contributed by atoms with Gasteiger partial charge in [0.05, 0.1) is 11.1 Å². The van der Waals surface area contributed by atoms with E-state index in [4.69, 9.17) is 20.6 Å². The van der Waals surface area contributed by atoms with E-state index >= 15 is 0 Å². The molecule has 6 nitrogen and oxygen atoms in total. The van der Waals surface area contributed by atoms with Crippen molar-refractivity contribution >= 4 is 23.3 Å². The minimum absolute atomic E-state index is 0.147. The van der Waals surface area contributed by atoms with E-state index in [-0.39, 0.29) is 5.91 Å². The number of rotatable bonds is 4. The van der Waals surface area contributed by atoms with E-state index in [0.717, 1.165) is 18.4 Å². The molecule has 1 fully saturated rings. The van der Waals surface area contributed by atoms with Crippen LogP contribution in [0.3, 0.4) is 0 Å². The van der Waals surface area contributed by atoms with Gasteiger partial charge in [0.2, 0.25) is 5.91 Å². The highest BCUT2D eigenvalue weighted by Crippen LogP contribution is 2.49. The summed E-state index contributed by atoms with van der Waals surface area (Å²) in [6, 6.07) is 10.8. The van der Waals surface area contributed by atoms with Crippen molar-refractivity contribution in [1.29, 1.82) is 0 Å². The summed E-state index contributed by atoms with van der Waals surface area (Å²) >= 11 is 5.89. The van der Waals surface area contributed by atoms with Crippen LogP contribution < -0.4 is 5.32 Å². The second-order valence-electron chi connectivity index (χ2n) is 5.94. The van der Waals surface area contributed by atoms with Crippen LogP contribution in [-0.2, 0) is 10.2 Å². The van der Waals surface area contributed by atoms with Crippen LogP contribution in [0.2, 0.25) is 5.02 Å². The molecule has 24 heavy (non-hydrogen) atoms. The largest absolute Gasteiger partial charge is 0.360 e. The number of hydrogen-bond acceptors (Lipinski definition) is 5. The topological polar surface area (TPSA) is 81.2 Å². The van der Waals surface area contributed by atoms with E-state index in [0.29, 0.717) is 28.1 Å². The van der Waals surface area contributed by atoms with Gasteiger partial charge < -0.3 is 14.4 Å². The van der Waals surface area contributed by atoms with Gasteiger partial charge >= 0.3 is 0 Å². The molecule has 0 radical (unpaired) electrons. The standard InChI is InChI=1S/C17H14ClN3O3/c1-10-8-15(21-23-10)19-16(22)17(6-7-17)14-9-13(24-20-14)11-2-4-12(18)5-3-11/h2-5,8-9H,6-7H2,1H3,(H,19,21,22). The second kappa shape index (κ2) is 5.49. The Labute approximate surface area is 142 Å². The van der Waals surface area contributed by atoms with E-state index in [2.05, 4.69) is 15.6 Å². The Morgan fingerprint density at radius 3 is 2.54 bits per heavy atom. The van der Waals surface area contributed by atoms with Crippen LogP contribution in [0.4, 0.5) is 5.82 Å². The van der Waals surface area contributed by atoms with Crippen molar-refractivity contribution in [1.82, 2.24) is 10.3 Å². The normalized spacial score (nSPS) is 15.2. The molecule has 0 spiro atoms. The van der Waals surface area contributed by atoms with Crippen molar-refractivity contribution in [3.63, 3.8) is 0 Å². The lowest BCUT2D eigenvalue weighted by molar-refractivity contribution is -0.118. The van der Waals surface area contributed by atoms with Crippen LogP contribution in [0.5, 0.6) is 0 Å². The zero-order valence-corrected chi connectivity index (χ0v) is 13.6. The third-order valence-corrected chi connectivity index (χ3v) is 4.44. The molecule has 122 valence electrons. The molecule has 1 N–H and O–H groups in total. The first-order valence-corrected chi connectivity index (χ1v) is 7.92. The first-order valence-electron chi connectivity index (χ1n) is 7.55. The molecule has 1 amide bonds. The monoisotopic (exact) mass is 343 g/mol. The number of aromatic nitrogens is 2. The molecule has 7 heteroatoms. The van der Waals surface area contributed by atoms with Gasteiger partial charge in [0.1, 0.15) is 5.76 Å². The van der Waals surface area contributed by atoms with Crippen LogP contribution in [0.1, 0.15) is 24.3 Å². The SMILES string of the molecule is Cc1cc(NC(=O)C2(c3cc(-c4ccc(Cl)cc4)on3)CC2)no1. The summed E-state index contributed by atoms with van der Waals surface area (Å²) in [4.78, 5) is 12.6. The van der Waals surface area contributed by atoms with E-state index in [1.165, 1.54) is 0 Å². The summed E-state index contributed by atoms with van der Waals surface area (Å²) in [6.07, 6.45) is 1.45. The Bertz CT molecular complexity index is 894. The molecule has 0 atom stereocenters. The smallest absolute Gasteiger partial charge is 0.238 e. The van der Waals surface area contributed by atoms with E-state index < -0.39 is 5.41 Å². The Morgan fingerprint density at radius 2 is 1.92 bits per heavy atom. The lowest BCUT2D eigenvalue weighted by Gasteiger charge is -2.09. The fourth-order valence-corrected chi connectivity index (χ4v) is 2.76. The van der Waals surface area contributed by atoms with Gasteiger partial charge in [-0.1, -0.05) is 21.9 Å². The first kappa shape index (κ1) is 15.0. The molecular weight excluding hydrogens is 330 g/mol. The van der Waals surface area contributed by atoms with Gasteiger partial charge in [-0.15, -0.1) is 0 Å². The maximum Gasteiger partial charge on any atom is 0.238 e. The molecule has 1 saturated carbocycles. The number of anilines is 1. The molecule has 3 aromatic rings. The highest BCUT2D eigenvalue weighted by Gasteiger charge is 2.54. The number of aryl methyl sites for hydroxylation is 1. The van der Waals surface area contributed by atoms with E-state index in [1.807, 2.05) is 18.2 Å². The molecule has 1 aliphatic carbocycles. The van der Waals surface area contributed by atoms with E-state index in [9.17, 15) is 4.79 Å². The quantitative estimate of drug-likeness (QED) is 0.775. The van der Waals surface area contributed by atoms with Crippen LogP contribution in [-0.4, -0.2) is 16.2 Å². The lowest BCUT2D eigenvalue weighted by Crippen LogP contribution is -2.28. The average molecular weight is 344 g/mol. The molecule has 0 aliphatic heterocycles. The first-order chi connectivity index (χ1) is 11.6. The van der Waals surface area contributed by atoms with Crippen molar-refractivity contribution in [2.24, 2.45) is 0 Å². The van der Waals surface area contributed by atoms with Crippen molar-refractivity contribution in [3.8, 4) is 11.3 Å². The molecule has 0 saturated heterocycles. The van der Waals surface area contributed by atoms with Crippen LogP contribution in [0.25, 0.3) is 11.3 Å². The van der Waals surface area contributed by atoms with Gasteiger partial charge in [0, 0.05) is 22.7 Å². The number of amides is 1. The predicted octanol–water partition coefficient (Wildman–Crippen LogP) is 3.96. The molecule has 2 heterocycles. The Hall–Kier alpha value is -2.60. The molecule has 0 bridgehead atoms. The Balaban J connectivity index is 1.57. The molecule has 0 unspecified atom stereocenters. The summed E-state index contributed by atoms with van der Waals surface area (Å²) < 4.78 is 10.4. The third kappa shape index (κ3) is 2.59. The fraction of sp³-hybridized carbons (Fsp3) is 0.235. The van der Waals surface area contributed by atoms with Gasteiger partial charge in [-0.2, -0.15) is 0 Å². The van der Waals surface area contributed by atoms with Crippen molar-refractivity contribution < 1.29 is 13.8 Å². The van der Waals surface area contributed by atoms with Crippen LogP contribution >= 0.6 is 11.6 Å². The molecule has 1 aliphatic rings. The Kier molecular flexibility index (Phi) is 3.42. The minimum atomic E-state index is -0.652. The molecule has 4 rings (SSSR count). The molecular formula is C17H14ClN3O3. The third-order valence-electron chi connectivity index (χ3n) is 4.18. The van der Waals surface area contributed by atoms with Crippen LogP contribution in [0, 0.1) is 6.92 Å². The fourth-order valence-electron chi connectivity index (χ4n) is 2.64. The number of benzene rings is 1. The number of halogens is 1. The predicted molar refractivity (Wildman–Crippen MR) is 87.7 cm³/mol. The maximum atomic E-state index is 12.6. The Morgan fingerprint density at radius 1 is 1.17 bits per heavy atom.